The molecule has 3 aliphatic heterocycles. The molecule has 1 saturated carbocycles. The normalized spacial score (nSPS) is 26.5. The number of carbonyl (C=O) groups excluding carboxylic acids is 7. The standard InChI is InChI=1S/C93H140N14O22/c1-60-21-13-12-14-22-61(2)77(117-8)56-71-30-27-66(7)93(116,129-71)87(113)90(114)105-37-17-15-25-75(105)91(115)127-78(57-72(103-120-11)62(3)52-65(6)85(112)86(119-10)84(111)64(5)51-60)63(4)53-67-28-31-74(79(54-67)118-9)107-58-69(101-104-107)23-19-26-80(109)97-36-42-124-46-50-126-48-44-122-40-33-70(108)24-20-39-121-43-47-125-49-45-123-41-34-81(110)96-35-16-18-38-106-89-82(88(94)98-59-99-89)83(102-106)68-29-32-76-73(55-68)100-92(95)128-76/h12-14,21-22,29,32,52,55,58-60,62-64,66-67,71,74-75,77-79,85-86,112,116H,15-20,23-28,30-31,33-51,53-54,56-57H2,1-11H3,(H2,95,100)(H,96,110)(H,97,109)(H2,94,98,99)/b14-12+,21-13+,61-22+,65-52+,103-72-/t60-,62-,63-,64-,66-,67+,71+,74+,75+,77+,78+,79-,85-,86+,93-/m1/s1. The van der Waals surface area contributed by atoms with Crippen LogP contribution in [0.5, 0.6) is 0 Å². The van der Waals surface area contributed by atoms with Crippen molar-refractivity contribution < 1.29 is 105 Å². The number of aryl methyl sites for hydroxylation is 2. The fraction of sp³-hybridized carbons (Fsp3) is 0.677. The molecule has 2 bridgehead atoms. The minimum atomic E-state index is -2.46. The largest absolute Gasteiger partial charge is 0.460 e. The number of piperidine rings is 1. The van der Waals surface area contributed by atoms with E-state index >= 15 is 4.79 Å². The molecule has 1 aliphatic carbocycles. The van der Waals surface area contributed by atoms with Crippen molar-refractivity contribution in [3.63, 3.8) is 0 Å². The van der Waals surface area contributed by atoms with Gasteiger partial charge in [0.25, 0.3) is 17.7 Å². The lowest BCUT2D eigenvalue weighted by Crippen LogP contribution is -2.61. The average molecular weight is 1810 g/mol. The van der Waals surface area contributed by atoms with Crippen LogP contribution in [0.1, 0.15) is 189 Å². The van der Waals surface area contributed by atoms with E-state index < -0.39 is 77.8 Å². The molecule has 0 unspecified atom stereocenters. The van der Waals surface area contributed by atoms with Crippen molar-refractivity contribution in [3.05, 3.63) is 84.0 Å². The maximum Gasteiger partial charge on any atom is 0.329 e. The number of aliphatic hydroxyl groups is 2. The summed E-state index contributed by atoms with van der Waals surface area (Å²) in [6, 6.07) is 4.27. The molecular weight excluding hydrogens is 1670 g/mol. The molecule has 36 nitrogen and oxygen atoms in total. The zero-order valence-corrected chi connectivity index (χ0v) is 77.3. The zero-order chi connectivity index (χ0) is 92.8. The number of ether oxygens (including phenoxy) is 11. The van der Waals surface area contributed by atoms with Gasteiger partial charge in [-0.1, -0.05) is 81.4 Å². The van der Waals surface area contributed by atoms with Gasteiger partial charge in [-0.25, -0.2) is 24.1 Å². The van der Waals surface area contributed by atoms with Crippen molar-refractivity contribution in [3.8, 4) is 11.3 Å². The molecule has 129 heavy (non-hydrogen) atoms. The smallest absolute Gasteiger partial charge is 0.329 e. The Balaban J connectivity index is 0.620. The predicted octanol–water partition coefficient (Wildman–Crippen LogP) is 9.46. The molecule has 8 N–H and O–H groups in total. The van der Waals surface area contributed by atoms with Crippen molar-refractivity contribution in [2.24, 2.45) is 40.7 Å². The molecule has 15 atom stereocenters. The van der Waals surface area contributed by atoms with Crippen LogP contribution in [0.15, 0.2) is 87.9 Å². The number of nitrogens with one attached hydrogen (secondary N) is 2. The van der Waals surface area contributed by atoms with E-state index in [1.165, 1.54) is 25.4 Å². The average Bonchev–Trinajstić information content (AvgIpc) is 1.66. The summed E-state index contributed by atoms with van der Waals surface area (Å²) in [5, 5.41) is 48.9. The SMILES string of the molecule is CO/N=C1/C[C@@H]([C@H](C)C[C@@H]2CC[C@H](n3cc(CCCC(=O)NCCOCCOCCOCCC(=O)CCCOCCOCCOCCC(=O)NCCCCn4nc(-c5ccc6oc(N)nc6c5)c5c(N)ncnc54)nn3)[C@H](OC)C2)OC(=O)[C@@H]2CCCCN2C(=O)C(=O)[C@]2(O)O[C@@H](CC[C@H]2C)C[C@H](OC)/C(C)=C/C=C/C=C/[C@@H](C)C[C@@H](C)C(=O)[C@H](OC)[C@H](O)/C(C)=C/[C@H]1C. The molecule has 4 aliphatic rings. The highest BCUT2D eigenvalue weighted by molar-refractivity contribution is 6.39. The molecule has 1 aromatic carbocycles. The predicted molar refractivity (Wildman–Crippen MR) is 481 cm³/mol. The fourth-order valence-electron chi connectivity index (χ4n) is 17.2. The van der Waals surface area contributed by atoms with Gasteiger partial charge in [-0.15, -0.1) is 5.10 Å². The molecule has 0 spiro atoms. The molecule has 714 valence electrons. The maximum atomic E-state index is 15.0. The van der Waals surface area contributed by atoms with Crippen LogP contribution < -0.4 is 22.1 Å². The number of ketones is 3. The van der Waals surface area contributed by atoms with E-state index in [0.717, 1.165) is 36.1 Å². The Bertz CT molecular complexity index is 4530. The topological polar surface area (TPSA) is 463 Å². The number of rotatable bonds is 43. The summed E-state index contributed by atoms with van der Waals surface area (Å²) in [7, 11) is 6.09. The van der Waals surface area contributed by atoms with E-state index in [-0.39, 0.29) is 98.1 Å². The minimum absolute atomic E-state index is 0.00153. The Morgan fingerprint density at radius 3 is 2.18 bits per heavy atom. The van der Waals surface area contributed by atoms with Gasteiger partial charge in [-0.2, -0.15) is 10.1 Å². The number of fused-ring (bicyclic) bond motifs is 5. The van der Waals surface area contributed by atoms with Crippen LogP contribution in [0.3, 0.4) is 0 Å². The lowest BCUT2D eigenvalue weighted by atomic mass is 9.77. The van der Waals surface area contributed by atoms with Gasteiger partial charge in [0.1, 0.15) is 60.6 Å². The third kappa shape index (κ3) is 31.8. The molecule has 3 amide bonds. The highest BCUT2D eigenvalue weighted by Crippen LogP contribution is 2.41. The number of unbranched alkanes of at least 4 members (excludes halogenated alkanes) is 1. The molecule has 9 rings (SSSR count). The number of nitrogen functional groups attached to an aromatic ring is 2. The number of Topliss-reactive ketones (excluding diaryl/α,β-unsaturated/α-hetero) is 3. The van der Waals surface area contributed by atoms with Gasteiger partial charge in [0, 0.05) is 122 Å². The number of oxime groups is 1. The Morgan fingerprint density at radius 2 is 1.45 bits per heavy atom. The van der Waals surface area contributed by atoms with Crippen molar-refractivity contribution in [2.45, 2.75) is 244 Å². The van der Waals surface area contributed by atoms with Crippen LogP contribution in [0.4, 0.5) is 11.8 Å². The first kappa shape index (κ1) is 104. The quantitative estimate of drug-likeness (QED) is 0.00695. The van der Waals surface area contributed by atoms with Crippen LogP contribution in [0.2, 0.25) is 0 Å². The van der Waals surface area contributed by atoms with E-state index in [4.69, 9.17) is 77.9 Å². The van der Waals surface area contributed by atoms with Gasteiger partial charge < -0.3 is 98.6 Å². The van der Waals surface area contributed by atoms with Gasteiger partial charge >= 0.3 is 5.97 Å². The second-order valence-corrected chi connectivity index (χ2v) is 34.4. The summed E-state index contributed by atoms with van der Waals surface area (Å²) in [4.78, 5) is 116. The monoisotopic (exact) mass is 1810 g/mol. The number of aliphatic hydroxyl groups excluding tert-OH is 1. The van der Waals surface area contributed by atoms with Gasteiger partial charge in [0.15, 0.2) is 17.0 Å². The van der Waals surface area contributed by atoms with Gasteiger partial charge in [-0.3, -0.25) is 28.8 Å². The summed E-state index contributed by atoms with van der Waals surface area (Å²) in [6.07, 6.45) is 20.2. The number of methoxy groups -OCH3 is 3. The van der Waals surface area contributed by atoms with Gasteiger partial charge in [-0.05, 0) is 157 Å². The maximum absolute atomic E-state index is 15.0. The molecular formula is C93H140N14O22. The molecule has 4 aromatic heterocycles. The Labute approximate surface area is 756 Å². The van der Waals surface area contributed by atoms with Crippen LogP contribution >= 0.6 is 0 Å². The number of hydrogen-bond acceptors (Lipinski definition) is 31. The number of amides is 3. The van der Waals surface area contributed by atoms with Crippen molar-refractivity contribution in [1.29, 1.82) is 0 Å². The number of cyclic esters (lactones) is 1. The summed E-state index contributed by atoms with van der Waals surface area (Å²) < 4.78 is 73.4. The number of nitrogens with two attached hydrogens (primary N) is 2. The number of carbonyl (C=O) groups is 7. The van der Waals surface area contributed by atoms with Crippen LogP contribution in [-0.4, -0.2) is 277 Å². The van der Waals surface area contributed by atoms with E-state index in [1.54, 1.807) is 44.9 Å². The summed E-state index contributed by atoms with van der Waals surface area (Å²) in [6.45, 7) is 18.7. The zero-order valence-electron chi connectivity index (χ0n) is 77.3. The molecule has 3 fully saturated rings. The van der Waals surface area contributed by atoms with Crippen LogP contribution in [0, 0.1) is 35.5 Å². The lowest BCUT2D eigenvalue weighted by molar-refractivity contribution is -0.265. The Morgan fingerprint density at radius 1 is 0.736 bits per heavy atom. The number of nitrogens with zero attached hydrogens (tertiary/aromatic N) is 10. The van der Waals surface area contributed by atoms with Gasteiger partial charge in [0.05, 0.1) is 114 Å². The summed E-state index contributed by atoms with van der Waals surface area (Å²) in [5.74, 6) is -7.32. The lowest BCUT2D eigenvalue weighted by Gasteiger charge is -2.42. The first-order chi connectivity index (χ1) is 62.2. The van der Waals surface area contributed by atoms with E-state index in [1.807, 2.05) is 88.0 Å². The number of benzene rings is 1. The van der Waals surface area contributed by atoms with Crippen molar-refractivity contribution in [1.82, 2.24) is 55.3 Å². The molecule has 0 radical (unpaired) electrons. The van der Waals surface area contributed by atoms with Gasteiger partial charge in [0.2, 0.25) is 17.6 Å². The van der Waals surface area contributed by atoms with Crippen LogP contribution in [-0.2, 0) is 103 Å². The highest BCUT2D eigenvalue weighted by atomic mass is 16.6. The second kappa shape index (κ2) is 54.0. The second-order valence-electron chi connectivity index (χ2n) is 34.4. The Hall–Kier alpha value is -9.18. The summed E-state index contributed by atoms with van der Waals surface area (Å²) in [5.41, 5.74) is 17.8. The first-order valence-electron chi connectivity index (χ1n) is 45.9. The summed E-state index contributed by atoms with van der Waals surface area (Å²) >= 11 is 0. The molecule has 2 saturated heterocycles. The van der Waals surface area contributed by atoms with E-state index in [2.05, 4.69) is 41.1 Å². The number of anilines is 2. The number of oxazole rings is 1. The number of allylic oxidation sites excluding steroid dienone is 6. The highest BCUT2D eigenvalue weighted by Gasteiger charge is 2.53. The molecule has 5 aromatic rings. The molecule has 7 heterocycles. The van der Waals surface area contributed by atoms with Crippen molar-refractivity contribution >= 4 is 80.7 Å². The molecule has 36 heteroatoms. The third-order valence-electron chi connectivity index (χ3n) is 24.6. The fourth-order valence-corrected chi connectivity index (χ4v) is 17.2. The third-order valence-corrected chi connectivity index (χ3v) is 24.6. The van der Waals surface area contributed by atoms with E-state index in [0.29, 0.717) is 227 Å². The van der Waals surface area contributed by atoms with Crippen LogP contribution in [0.25, 0.3) is 33.4 Å². The number of aromatic nitrogens is 8. The minimum Gasteiger partial charge on any atom is -0.460 e. The number of esters is 1. The Kier molecular flexibility index (Phi) is 43.3. The van der Waals surface area contributed by atoms with E-state index in [9.17, 15) is 39.0 Å². The number of hydrogen-bond donors (Lipinski definition) is 6. The van der Waals surface area contributed by atoms with Crippen molar-refractivity contribution in [2.75, 3.05) is 139 Å². The first-order valence-corrected chi connectivity index (χ1v) is 45.9.